The van der Waals surface area contributed by atoms with E-state index in [9.17, 15) is 10.1 Å². The number of nitrogens with zero attached hydrogens (tertiary/aromatic N) is 8. The molecule has 4 rings (SSSR count). The molecule has 0 fully saturated rings. The first kappa shape index (κ1) is 24.4. The van der Waals surface area contributed by atoms with Crippen LogP contribution in [0.4, 0.5) is 23.0 Å². The van der Waals surface area contributed by atoms with E-state index in [0.29, 0.717) is 35.1 Å². The number of benzene rings is 2. The number of aromatic nitrogens is 4. The molecule has 2 aromatic heterocycles. The quantitative estimate of drug-likeness (QED) is 0.276. The topological polar surface area (TPSA) is 138 Å². The van der Waals surface area contributed by atoms with Crippen LogP contribution in [0.25, 0.3) is 16.7 Å². The molecule has 0 radical (unpaired) electrons. The Balaban J connectivity index is 1.68. The van der Waals surface area contributed by atoms with Gasteiger partial charge in [-0.25, -0.2) is 9.67 Å². The molecule has 12 heteroatoms. The maximum absolute atomic E-state index is 11.9. The van der Waals surface area contributed by atoms with Gasteiger partial charge in [0.1, 0.15) is 11.4 Å². The molecule has 0 aliphatic carbocycles. The molecule has 0 spiro atoms. The summed E-state index contributed by atoms with van der Waals surface area (Å²) in [6.45, 7) is 1.33. The van der Waals surface area contributed by atoms with Crippen molar-refractivity contribution in [1.29, 1.82) is 5.26 Å². The van der Waals surface area contributed by atoms with Gasteiger partial charge in [0.25, 0.3) is 5.69 Å². The number of anilines is 3. The highest BCUT2D eigenvalue weighted by Gasteiger charge is 2.22. The number of methoxy groups -OCH3 is 1. The molecule has 4 aromatic rings. The maximum Gasteiger partial charge on any atom is 0.294 e. The van der Waals surface area contributed by atoms with Crippen molar-refractivity contribution in [3.8, 4) is 17.6 Å². The van der Waals surface area contributed by atoms with Crippen LogP contribution in [0.3, 0.4) is 0 Å². The zero-order chi connectivity index (χ0) is 25.8. The average molecular weight is 488 g/mol. The first-order valence-electron chi connectivity index (χ1n) is 11.0. The Morgan fingerprint density at radius 3 is 2.69 bits per heavy atom. The van der Waals surface area contributed by atoms with Crippen molar-refractivity contribution in [2.45, 2.75) is 0 Å². The molecule has 2 aromatic carbocycles. The standard InChI is InChI=1S/C24H25N9O3/c1-30(2)9-10-31(3)20-13-22(36-4)18(12-21(20)33(34)35)28-24-26-8-7-23(29-24)32-19-6-5-16(14-25)11-17(19)15-27-32/h5-8,11-13,15H,9-10H2,1-4H3,(H,26,28,29). The summed E-state index contributed by atoms with van der Waals surface area (Å²) in [5.74, 6) is 1.11. The fourth-order valence-corrected chi connectivity index (χ4v) is 3.68. The van der Waals surface area contributed by atoms with E-state index in [0.717, 1.165) is 17.4 Å². The maximum atomic E-state index is 11.9. The van der Waals surface area contributed by atoms with E-state index in [1.165, 1.54) is 13.2 Å². The summed E-state index contributed by atoms with van der Waals surface area (Å²) in [5.41, 5.74) is 2.05. The molecule has 2 heterocycles. The second-order valence-corrected chi connectivity index (χ2v) is 8.33. The Hall–Kier alpha value is -4.76. The second-order valence-electron chi connectivity index (χ2n) is 8.33. The van der Waals surface area contributed by atoms with Crippen molar-refractivity contribution in [3.63, 3.8) is 0 Å². The zero-order valence-electron chi connectivity index (χ0n) is 20.3. The minimum absolute atomic E-state index is 0.0675. The highest BCUT2D eigenvalue weighted by Crippen LogP contribution is 2.38. The third kappa shape index (κ3) is 5.01. The van der Waals surface area contributed by atoms with Crippen LogP contribution in [0.5, 0.6) is 5.75 Å². The molecule has 0 saturated heterocycles. The third-order valence-electron chi connectivity index (χ3n) is 5.59. The number of nitro groups is 1. The van der Waals surface area contributed by atoms with E-state index in [1.807, 2.05) is 23.9 Å². The van der Waals surface area contributed by atoms with Gasteiger partial charge in [0.15, 0.2) is 5.82 Å². The van der Waals surface area contributed by atoms with Crippen LogP contribution in [-0.2, 0) is 0 Å². The molecule has 12 nitrogen and oxygen atoms in total. The van der Waals surface area contributed by atoms with Crippen LogP contribution in [0.1, 0.15) is 5.56 Å². The largest absolute Gasteiger partial charge is 0.494 e. The highest BCUT2D eigenvalue weighted by atomic mass is 16.6. The number of fused-ring (bicyclic) bond motifs is 1. The van der Waals surface area contributed by atoms with Gasteiger partial charge in [-0.3, -0.25) is 10.1 Å². The lowest BCUT2D eigenvalue weighted by molar-refractivity contribution is -0.384. The Morgan fingerprint density at radius 1 is 1.19 bits per heavy atom. The monoisotopic (exact) mass is 487 g/mol. The first-order chi connectivity index (χ1) is 17.3. The molecule has 0 bridgehead atoms. The molecule has 184 valence electrons. The summed E-state index contributed by atoms with van der Waals surface area (Å²) in [5, 5.41) is 29.2. The Kier molecular flexibility index (Phi) is 6.93. The van der Waals surface area contributed by atoms with Gasteiger partial charge in [0.05, 0.1) is 41.1 Å². The Labute approximate surface area is 207 Å². The van der Waals surface area contributed by atoms with E-state index in [2.05, 4.69) is 26.5 Å². The molecule has 0 saturated carbocycles. The Morgan fingerprint density at radius 2 is 2.00 bits per heavy atom. The van der Waals surface area contributed by atoms with E-state index in [4.69, 9.17) is 10.00 Å². The van der Waals surface area contributed by atoms with Crippen LogP contribution in [0.2, 0.25) is 0 Å². The lowest BCUT2D eigenvalue weighted by atomic mass is 10.2. The van der Waals surface area contributed by atoms with Crippen molar-refractivity contribution < 1.29 is 9.66 Å². The van der Waals surface area contributed by atoms with E-state index in [1.54, 1.807) is 54.5 Å². The number of hydrogen-bond donors (Lipinski definition) is 1. The molecule has 0 unspecified atom stereocenters. The van der Waals surface area contributed by atoms with E-state index < -0.39 is 4.92 Å². The van der Waals surface area contributed by atoms with Gasteiger partial charge in [0, 0.05) is 49.9 Å². The predicted molar refractivity (Wildman–Crippen MR) is 136 cm³/mol. The normalized spacial score (nSPS) is 10.9. The number of ether oxygens (including phenoxy) is 1. The number of nitro benzene ring substituents is 1. The minimum Gasteiger partial charge on any atom is -0.494 e. The summed E-state index contributed by atoms with van der Waals surface area (Å²) in [6, 6.07) is 12.1. The van der Waals surface area contributed by atoms with Crippen molar-refractivity contribution in [1.82, 2.24) is 24.6 Å². The van der Waals surface area contributed by atoms with Crippen LogP contribution < -0.4 is 15.0 Å². The van der Waals surface area contributed by atoms with Gasteiger partial charge in [-0.15, -0.1) is 0 Å². The van der Waals surface area contributed by atoms with Gasteiger partial charge in [-0.2, -0.15) is 15.3 Å². The number of nitriles is 1. The first-order valence-corrected chi connectivity index (χ1v) is 11.0. The van der Waals surface area contributed by atoms with Gasteiger partial charge in [-0.1, -0.05) is 0 Å². The van der Waals surface area contributed by atoms with E-state index in [-0.39, 0.29) is 11.6 Å². The Bertz CT molecular complexity index is 1460. The fourth-order valence-electron chi connectivity index (χ4n) is 3.68. The average Bonchev–Trinajstić information content (AvgIpc) is 3.30. The van der Waals surface area contributed by atoms with Crippen LogP contribution >= 0.6 is 0 Å². The SMILES string of the molecule is COc1cc(N(C)CCN(C)C)c([N+](=O)[O-])cc1Nc1nccc(-n2ncc3cc(C#N)ccc32)n1. The molecule has 0 aliphatic heterocycles. The molecule has 1 N–H and O–H groups in total. The summed E-state index contributed by atoms with van der Waals surface area (Å²) in [4.78, 5) is 24.1. The lowest BCUT2D eigenvalue weighted by Crippen LogP contribution is -2.28. The molecule has 0 amide bonds. The number of nitrogens with one attached hydrogen (secondary N) is 1. The van der Waals surface area contributed by atoms with Crippen LogP contribution in [0, 0.1) is 21.4 Å². The molecule has 36 heavy (non-hydrogen) atoms. The smallest absolute Gasteiger partial charge is 0.294 e. The third-order valence-corrected chi connectivity index (χ3v) is 5.59. The zero-order valence-corrected chi connectivity index (χ0v) is 20.3. The number of rotatable bonds is 9. The molecular formula is C24H25N9O3. The minimum atomic E-state index is -0.422. The summed E-state index contributed by atoms with van der Waals surface area (Å²) in [6.07, 6.45) is 3.22. The molecule has 0 aliphatic rings. The van der Waals surface area contributed by atoms with Crippen molar-refractivity contribution in [2.75, 3.05) is 51.6 Å². The van der Waals surface area contributed by atoms with Crippen molar-refractivity contribution in [2.24, 2.45) is 0 Å². The summed E-state index contributed by atoms with van der Waals surface area (Å²) in [7, 11) is 7.19. The van der Waals surface area contributed by atoms with Crippen molar-refractivity contribution >= 4 is 33.9 Å². The highest BCUT2D eigenvalue weighted by molar-refractivity contribution is 5.81. The van der Waals surface area contributed by atoms with E-state index >= 15 is 0 Å². The van der Waals surface area contributed by atoms with Gasteiger partial charge >= 0.3 is 0 Å². The molecular weight excluding hydrogens is 462 g/mol. The predicted octanol–water partition coefficient (Wildman–Crippen LogP) is 3.35. The van der Waals surface area contributed by atoms with Gasteiger partial charge < -0.3 is 19.9 Å². The fraction of sp³-hybridized carbons (Fsp3) is 0.250. The van der Waals surface area contributed by atoms with Crippen LogP contribution in [0.15, 0.2) is 48.8 Å². The number of hydrogen-bond acceptors (Lipinski definition) is 10. The van der Waals surface area contributed by atoms with Gasteiger partial charge in [0.2, 0.25) is 5.95 Å². The van der Waals surface area contributed by atoms with Gasteiger partial charge in [-0.05, 0) is 32.3 Å². The number of likely N-dealkylation sites (N-methyl/N-ethyl adjacent to an activating group) is 2. The summed E-state index contributed by atoms with van der Waals surface area (Å²) < 4.78 is 7.16. The summed E-state index contributed by atoms with van der Waals surface area (Å²) >= 11 is 0. The lowest BCUT2D eigenvalue weighted by Gasteiger charge is -2.22. The molecule has 0 atom stereocenters. The second kappa shape index (κ2) is 10.2. The van der Waals surface area contributed by atoms with Crippen molar-refractivity contribution in [3.05, 3.63) is 64.5 Å². The van der Waals surface area contributed by atoms with Crippen LogP contribution in [-0.4, -0.2) is 70.9 Å².